The van der Waals surface area contributed by atoms with E-state index in [4.69, 9.17) is 10.2 Å². The van der Waals surface area contributed by atoms with Gasteiger partial charge >= 0.3 is 0 Å². The molecule has 3 nitrogen and oxygen atoms in total. The van der Waals surface area contributed by atoms with E-state index < -0.39 is 0 Å². The van der Waals surface area contributed by atoms with Crippen molar-refractivity contribution in [2.45, 2.75) is 64.4 Å². The standard InChI is InChI=1S/C17H36O3S2/c1-2-7-16(20)17(14(12-21)8-3-5-10-18)15(13-22)9-4-6-11-19/h14-22H,2-13H2,1H3. The second-order valence-corrected chi connectivity index (χ2v) is 6.99. The van der Waals surface area contributed by atoms with Gasteiger partial charge in [-0.2, -0.15) is 25.3 Å². The number of unbranched alkanes of at least 4 members (excludes halogenated alkanes) is 2. The maximum Gasteiger partial charge on any atom is 0.0574 e. The summed E-state index contributed by atoms with van der Waals surface area (Å²) in [5, 5.41) is 28.6. The lowest BCUT2D eigenvalue weighted by Gasteiger charge is -2.36. The lowest BCUT2D eigenvalue weighted by molar-refractivity contribution is 0.0327. The van der Waals surface area contributed by atoms with Crippen LogP contribution in [0, 0.1) is 17.8 Å². The van der Waals surface area contributed by atoms with Crippen LogP contribution in [0.1, 0.15) is 58.3 Å². The van der Waals surface area contributed by atoms with Crippen molar-refractivity contribution >= 4 is 25.3 Å². The van der Waals surface area contributed by atoms with Gasteiger partial charge in [0.25, 0.3) is 0 Å². The van der Waals surface area contributed by atoms with Crippen LogP contribution in [0.15, 0.2) is 0 Å². The van der Waals surface area contributed by atoms with Crippen LogP contribution >= 0.6 is 25.3 Å². The largest absolute Gasteiger partial charge is 0.396 e. The summed E-state index contributed by atoms with van der Waals surface area (Å²) in [7, 11) is 0. The van der Waals surface area contributed by atoms with Gasteiger partial charge in [-0.25, -0.2) is 0 Å². The van der Waals surface area contributed by atoms with Crippen LogP contribution in [0.4, 0.5) is 0 Å². The molecule has 0 heterocycles. The Balaban J connectivity index is 4.86. The van der Waals surface area contributed by atoms with E-state index >= 15 is 0 Å². The predicted octanol–water partition coefficient (Wildman–Crippen LogP) is 3.18. The quantitative estimate of drug-likeness (QED) is 0.232. The Bertz CT molecular complexity index is 224. The fourth-order valence-electron chi connectivity index (χ4n) is 3.35. The number of hydrogen-bond acceptors (Lipinski definition) is 5. The first-order valence-electron chi connectivity index (χ1n) is 8.77. The van der Waals surface area contributed by atoms with Crippen molar-refractivity contribution in [1.29, 1.82) is 0 Å². The second-order valence-electron chi connectivity index (χ2n) is 6.26. The normalized spacial score (nSPS) is 17.2. The predicted molar refractivity (Wildman–Crippen MR) is 101 cm³/mol. The van der Waals surface area contributed by atoms with Crippen molar-refractivity contribution in [3.8, 4) is 0 Å². The topological polar surface area (TPSA) is 60.7 Å². The van der Waals surface area contributed by atoms with Gasteiger partial charge in [0.2, 0.25) is 0 Å². The van der Waals surface area contributed by atoms with Gasteiger partial charge in [-0.1, -0.05) is 26.2 Å². The molecule has 0 aromatic rings. The first-order chi connectivity index (χ1) is 10.7. The van der Waals surface area contributed by atoms with Crippen LogP contribution in [0.5, 0.6) is 0 Å². The molecule has 0 aromatic heterocycles. The van der Waals surface area contributed by atoms with Crippen molar-refractivity contribution in [3.63, 3.8) is 0 Å². The third-order valence-corrected chi connectivity index (χ3v) is 5.49. The molecule has 0 radical (unpaired) electrons. The summed E-state index contributed by atoms with van der Waals surface area (Å²) in [6.07, 6.45) is 7.08. The zero-order valence-electron chi connectivity index (χ0n) is 14.0. The Labute approximate surface area is 147 Å². The highest BCUT2D eigenvalue weighted by Gasteiger charge is 2.32. The Morgan fingerprint density at radius 1 is 0.773 bits per heavy atom. The van der Waals surface area contributed by atoms with Crippen LogP contribution in [0.3, 0.4) is 0 Å². The zero-order chi connectivity index (χ0) is 16.8. The Morgan fingerprint density at radius 2 is 1.23 bits per heavy atom. The van der Waals surface area contributed by atoms with Crippen molar-refractivity contribution < 1.29 is 15.3 Å². The molecule has 0 aliphatic heterocycles. The van der Waals surface area contributed by atoms with E-state index in [1.807, 2.05) is 0 Å². The molecule has 0 aromatic carbocycles. The summed E-state index contributed by atoms with van der Waals surface area (Å²) < 4.78 is 0. The Morgan fingerprint density at radius 3 is 1.55 bits per heavy atom. The van der Waals surface area contributed by atoms with Gasteiger partial charge in [-0.15, -0.1) is 0 Å². The fourth-order valence-corrected chi connectivity index (χ4v) is 4.20. The number of aliphatic hydroxyl groups is 3. The minimum absolute atomic E-state index is 0.215. The van der Waals surface area contributed by atoms with Crippen LogP contribution in [0.25, 0.3) is 0 Å². The molecule has 0 bridgehead atoms. The molecule has 0 saturated carbocycles. The molecule has 3 N–H and O–H groups in total. The molecular weight excluding hydrogens is 316 g/mol. The minimum atomic E-state index is -0.303. The number of hydrogen-bond donors (Lipinski definition) is 5. The molecule has 0 spiro atoms. The van der Waals surface area contributed by atoms with Gasteiger partial charge in [-0.05, 0) is 61.4 Å². The molecule has 134 valence electrons. The van der Waals surface area contributed by atoms with Crippen LogP contribution in [-0.4, -0.2) is 46.1 Å². The molecule has 0 saturated heterocycles. The summed E-state index contributed by atoms with van der Waals surface area (Å²) in [6, 6.07) is 0. The Kier molecular flexibility index (Phi) is 15.5. The van der Waals surface area contributed by atoms with Gasteiger partial charge in [0.1, 0.15) is 0 Å². The fraction of sp³-hybridized carbons (Fsp3) is 1.00. The summed E-state index contributed by atoms with van der Waals surface area (Å²) in [5.74, 6) is 2.47. The van der Waals surface area contributed by atoms with Crippen LogP contribution in [-0.2, 0) is 0 Å². The summed E-state index contributed by atoms with van der Waals surface area (Å²) >= 11 is 9.05. The Hall–Kier alpha value is 0.580. The van der Waals surface area contributed by atoms with E-state index in [2.05, 4.69) is 32.2 Å². The second kappa shape index (κ2) is 15.1. The summed E-state index contributed by atoms with van der Waals surface area (Å²) in [4.78, 5) is 0. The van der Waals surface area contributed by atoms with E-state index in [0.29, 0.717) is 11.8 Å². The van der Waals surface area contributed by atoms with Gasteiger partial charge in [-0.3, -0.25) is 0 Å². The van der Waals surface area contributed by atoms with Crippen molar-refractivity contribution in [3.05, 3.63) is 0 Å². The van der Waals surface area contributed by atoms with E-state index in [0.717, 1.165) is 62.9 Å². The van der Waals surface area contributed by atoms with Gasteiger partial charge in [0.15, 0.2) is 0 Å². The molecule has 0 amide bonds. The molecular formula is C17H36O3S2. The number of aliphatic hydroxyl groups excluding tert-OH is 3. The van der Waals surface area contributed by atoms with Crippen molar-refractivity contribution in [2.75, 3.05) is 24.7 Å². The maximum absolute atomic E-state index is 10.7. The SMILES string of the molecule is CCCC(O)C(C(CS)CCCCO)C(CS)CCCCO. The molecule has 5 heteroatoms. The summed E-state index contributed by atoms with van der Waals surface area (Å²) in [5.41, 5.74) is 0. The van der Waals surface area contributed by atoms with Gasteiger partial charge < -0.3 is 15.3 Å². The maximum atomic E-state index is 10.7. The highest BCUT2D eigenvalue weighted by atomic mass is 32.1. The van der Waals surface area contributed by atoms with Crippen molar-refractivity contribution in [1.82, 2.24) is 0 Å². The van der Waals surface area contributed by atoms with Crippen LogP contribution in [0.2, 0.25) is 0 Å². The van der Waals surface area contributed by atoms with Gasteiger partial charge in [0.05, 0.1) is 6.10 Å². The van der Waals surface area contributed by atoms with Gasteiger partial charge in [0, 0.05) is 13.2 Å². The highest BCUT2D eigenvalue weighted by Crippen LogP contribution is 2.35. The first kappa shape index (κ1) is 22.6. The number of thiol groups is 2. The molecule has 3 atom stereocenters. The molecule has 0 rings (SSSR count). The average Bonchev–Trinajstić information content (AvgIpc) is 2.52. The molecule has 22 heavy (non-hydrogen) atoms. The average molecular weight is 353 g/mol. The monoisotopic (exact) mass is 352 g/mol. The third-order valence-electron chi connectivity index (χ3n) is 4.55. The zero-order valence-corrected chi connectivity index (χ0v) is 15.8. The molecule has 3 unspecified atom stereocenters. The number of rotatable bonds is 15. The third kappa shape index (κ3) is 9.02. The van der Waals surface area contributed by atoms with Crippen molar-refractivity contribution in [2.24, 2.45) is 17.8 Å². The smallest absolute Gasteiger partial charge is 0.0574 e. The lowest BCUT2D eigenvalue weighted by atomic mass is 9.74. The molecule has 0 fully saturated rings. The van der Waals surface area contributed by atoms with E-state index in [-0.39, 0.29) is 25.2 Å². The lowest BCUT2D eigenvalue weighted by Crippen LogP contribution is -2.36. The molecule has 0 aliphatic rings. The first-order valence-corrected chi connectivity index (χ1v) is 10.0. The molecule has 0 aliphatic carbocycles. The van der Waals surface area contributed by atoms with E-state index in [1.54, 1.807) is 0 Å². The highest BCUT2D eigenvalue weighted by molar-refractivity contribution is 7.80. The van der Waals surface area contributed by atoms with E-state index in [1.165, 1.54) is 0 Å². The van der Waals surface area contributed by atoms with Crippen LogP contribution < -0.4 is 0 Å². The summed E-state index contributed by atoms with van der Waals surface area (Å²) in [6.45, 7) is 2.56. The minimum Gasteiger partial charge on any atom is -0.396 e. The van der Waals surface area contributed by atoms with E-state index in [9.17, 15) is 5.11 Å².